The number of rotatable bonds is 2. The van der Waals surface area contributed by atoms with Gasteiger partial charge in [0.1, 0.15) is 0 Å². The Hall–Kier alpha value is -0.570. The van der Waals surface area contributed by atoms with Crippen molar-refractivity contribution in [1.82, 2.24) is 10.6 Å². The minimum Gasteiger partial charge on any atom is -0.352 e. The molecule has 108 valence electrons. The van der Waals surface area contributed by atoms with Crippen molar-refractivity contribution in [1.29, 1.82) is 0 Å². The lowest BCUT2D eigenvalue weighted by Crippen LogP contribution is -2.48. The Balaban J connectivity index is 1.53. The van der Waals surface area contributed by atoms with Crippen molar-refractivity contribution in [2.75, 3.05) is 0 Å². The molecular formula is C16H28N2O. The second-order valence-corrected chi connectivity index (χ2v) is 6.99. The van der Waals surface area contributed by atoms with Gasteiger partial charge < -0.3 is 10.6 Å². The third-order valence-corrected chi connectivity index (χ3v) is 5.56. The molecule has 0 spiro atoms. The Bertz CT molecular complexity index is 325. The fourth-order valence-corrected chi connectivity index (χ4v) is 4.43. The van der Waals surface area contributed by atoms with Crippen molar-refractivity contribution < 1.29 is 4.79 Å². The van der Waals surface area contributed by atoms with Crippen molar-refractivity contribution in [2.45, 2.75) is 82.8 Å². The van der Waals surface area contributed by atoms with Crippen LogP contribution in [0.2, 0.25) is 0 Å². The fraction of sp³-hybridized carbons (Fsp3) is 0.938. The van der Waals surface area contributed by atoms with Gasteiger partial charge >= 0.3 is 0 Å². The SMILES string of the molecule is CC1CCCC2CC(C(=O)NC3CCCCC3)NC12. The largest absolute Gasteiger partial charge is 0.352 e. The van der Waals surface area contributed by atoms with E-state index in [0.717, 1.165) is 18.3 Å². The maximum atomic E-state index is 12.4. The van der Waals surface area contributed by atoms with Crippen LogP contribution in [0.15, 0.2) is 0 Å². The summed E-state index contributed by atoms with van der Waals surface area (Å²) < 4.78 is 0. The van der Waals surface area contributed by atoms with Crippen molar-refractivity contribution >= 4 is 5.91 Å². The molecule has 3 aliphatic rings. The van der Waals surface area contributed by atoms with E-state index < -0.39 is 0 Å². The Morgan fingerprint density at radius 3 is 2.58 bits per heavy atom. The molecule has 1 aliphatic heterocycles. The summed E-state index contributed by atoms with van der Waals surface area (Å²) in [6.07, 6.45) is 11.3. The average Bonchev–Trinajstić information content (AvgIpc) is 2.85. The van der Waals surface area contributed by atoms with E-state index in [1.54, 1.807) is 0 Å². The highest BCUT2D eigenvalue weighted by Gasteiger charge is 2.41. The molecule has 4 unspecified atom stereocenters. The highest BCUT2D eigenvalue weighted by molar-refractivity contribution is 5.82. The molecule has 3 heteroatoms. The van der Waals surface area contributed by atoms with Crippen molar-refractivity contribution in [2.24, 2.45) is 11.8 Å². The van der Waals surface area contributed by atoms with Gasteiger partial charge in [0.05, 0.1) is 6.04 Å². The minimum absolute atomic E-state index is 0.0810. The molecule has 3 fully saturated rings. The summed E-state index contributed by atoms with van der Waals surface area (Å²) >= 11 is 0. The first kappa shape index (κ1) is 13.4. The molecule has 0 bridgehead atoms. The van der Waals surface area contributed by atoms with Gasteiger partial charge in [0.2, 0.25) is 5.91 Å². The first-order valence-corrected chi connectivity index (χ1v) is 8.30. The van der Waals surface area contributed by atoms with Gasteiger partial charge in [-0.05, 0) is 43.9 Å². The number of hydrogen-bond acceptors (Lipinski definition) is 2. The Kier molecular flexibility index (Phi) is 4.11. The zero-order chi connectivity index (χ0) is 13.2. The zero-order valence-corrected chi connectivity index (χ0v) is 12.2. The smallest absolute Gasteiger partial charge is 0.237 e. The summed E-state index contributed by atoms with van der Waals surface area (Å²) in [6, 6.07) is 1.12. The lowest BCUT2D eigenvalue weighted by molar-refractivity contribution is -0.123. The van der Waals surface area contributed by atoms with Crippen LogP contribution >= 0.6 is 0 Å². The van der Waals surface area contributed by atoms with Crippen LogP contribution in [0.5, 0.6) is 0 Å². The standard InChI is InChI=1S/C16H28N2O/c1-11-6-5-7-12-10-14(18-15(11)12)16(19)17-13-8-3-2-4-9-13/h11-15,18H,2-10H2,1H3,(H,17,19). The molecule has 19 heavy (non-hydrogen) atoms. The van der Waals surface area contributed by atoms with Gasteiger partial charge in [0, 0.05) is 12.1 Å². The number of fused-ring (bicyclic) bond motifs is 1. The highest BCUT2D eigenvalue weighted by Crippen LogP contribution is 2.36. The van der Waals surface area contributed by atoms with E-state index in [0.29, 0.717) is 12.1 Å². The summed E-state index contributed by atoms with van der Waals surface area (Å²) in [6.45, 7) is 2.34. The topological polar surface area (TPSA) is 41.1 Å². The van der Waals surface area contributed by atoms with Crippen LogP contribution in [0.4, 0.5) is 0 Å². The van der Waals surface area contributed by atoms with E-state index in [-0.39, 0.29) is 11.9 Å². The molecule has 2 N–H and O–H groups in total. The molecule has 2 saturated carbocycles. The van der Waals surface area contributed by atoms with Gasteiger partial charge in [-0.2, -0.15) is 0 Å². The molecule has 1 saturated heterocycles. The molecule has 2 aliphatic carbocycles. The Labute approximate surface area is 116 Å². The van der Waals surface area contributed by atoms with E-state index in [2.05, 4.69) is 17.6 Å². The van der Waals surface area contributed by atoms with Gasteiger partial charge in [-0.15, -0.1) is 0 Å². The van der Waals surface area contributed by atoms with Gasteiger partial charge in [0.15, 0.2) is 0 Å². The summed E-state index contributed by atoms with van der Waals surface area (Å²) in [5, 5.41) is 6.90. The van der Waals surface area contributed by atoms with Crippen molar-refractivity contribution in [3.63, 3.8) is 0 Å². The monoisotopic (exact) mass is 264 g/mol. The van der Waals surface area contributed by atoms with Crippen LogP contribution in [-0.4, -0.2) is 24.0 Å². The van der Waals surface area contributed by atoms with Crippen LogP contribution in [0, 0.1) is 11.8 Å². The normalized spacial score (nSPS) is 39.8. The van der Waals surface area contributed by atoms with Crippen LogP contribution in [0.1, 0.15) is 64.7 Å². The number of amides is 1. The number of nitrogens with one attached hydrogen (secondary N) is 2. The molecule has 0 aromatic heterocycles. The van der Waals surface area contributed by atoms with Crippen molar-refractivity contribution in [3.8, 4) is 0 Å². The molecule has 0 aromatic rings. The van der Waals surface area contributed by atoms with Gasteiger partial charge in [-0.1, -0.05) is 32.6 Å². The molecule has 1 heterocycles. The maximum absolute atomic E-state index is 12.4. The van der Waals surface area contributed by atoms with Crippen LogP contribution in [0.3, 0.4) is 0 Å². The molecule has 1 amide bonds. The summed E-state index contributed by atoms with van der Waals surface area (Å²) in [7, 11) is 0. The molecule has 4 atom stereocenters. The third kappa shape index (κ3) is 2.96. The lowest BCUT2D eigenvalue weighted by atomic mass is 9.78. The fourth-order valence-electron chi connectivity index (χ4n) is 4.43. The van der Waals surface area contributed by atoms with E-state index in [1.165, 1.54) is 51.4 Å². The van der Waals surface area contributed by atoms with E-state index >= 15 is 0 Å². The second-order valence-electron chi connectivity index (χ2n) is 6.99. The van der Waals surface area contributed by atoms with Crippen molar-refractivity contribution in [3.05, 3.63) is 0 Å². The van der Waals surface area contributed by atoms with E-state index in [1.807, 2.05) is 0 Å². The summed E-state index contributed by atoms with van der Waals surface area (Å²) in [5.41, 5.74) is 0. The maximum Gasteiger partial charge on any atom is 0.237 e. The quantitative estimate of drug-likeness (QED) is 0.805. The molecule has 3 rings (SSSR count). The zero-order valence-electron chi connectivity index (χ0n) is 12.2. The van der Waals surface area contributed by atoms with E-state index in [9.17, 15) is 4.79 Å². The summed E-state index contributed by atoms with van der Waals surface area (Å²) in [5.74, 6) is 1.76. The van der Waals surface area contributed by atoms with Crippen LogP contribution in [0.25, 0.3) is 0 Å². The summed E-state index contributed by atoms with van der Waals surface area (Å²) in [4.78, 5) is 12.4. The van der Waals surface area contributed by atoms with Gasteiger partial charge in [0.25, 0.3) is 0 Å². The first-order chi connectivity index (χ1) is 9.24. The predicted molar refractivity (Wildman–Crippen MR) is 76.8 cm³/mol. The first-order valence-electron chi connectivity index (χ1n) is 8.30. The second kappa shape index (κ2) is 5.82. The molecule has 3 nitrogen and oxygen atoms in total. The highest BCUT2D eigenvalue weighted by atomic mass is 16.2. The minimum atomic E-state index is 0.0810. The number of carbonyl (C=O) groups is 1. The van der Waals surface area contributed by atoms with E-state index in [4.69, 9.17) is 0 Å². The number of hydrogen-bond donors (Lipinski definition) is 2. The van der Waals surface area contributed by atoms with Crippen LogP contribution < -0.4 is 10.6 Å². The molecule has 0 aromatic carbocycles. The number of carbonyl (C=O) groups excluding carboxylic acids is 1. The van der Waals surface area contributed by atoms with Gasteiger partial charge in [-0.3, -0.25) is 4.79 Å². The predicted octanol–water partition coefficient (Wildman–Crippen LogP) is 2.60. The molecular weight excluding hydrogens is 236 g/mol. The average molecular weight is 264 g/mol. The third-order valence-electron chi connectivity index (χ3n) is 5.56. The van der Waals surface area contributed by atoms with Gasteiger partial charge in [-0.25, -0.2) is 0 Å². The lowest BCUT2D eigenvalue weighted by Gasteiger charge is -2.31. The Morgan fingerprint density at radius 2 is 1.84 bits per heavy atom. The van der Waals surface area contributed by atoms with Crippen LogP contribution in [-0.2, 0) is 4.79 Å². The molecule has 0 radical (unpaired) electrons. The Morgan fingerprint density at radius 1 is 1.05 bits per heavy atom.